The van der Waals surface area contributed by atoms with Crippen LogP contribution in [0, 0.1) is 5.92 Å². The van der Waals surface area contributed by atoms with Crippen molar-refractivity contribution in [1.29, 1.82) is 0 Å². The van der Waals surface area contributed by atoms with Crippen LogP contribution in [-0.2, 0) is 9.53 Å². The fourth-order valence-electron chi connectivity index (χ4n) is 2.29. The first kappa shape index (κ1) is 18.4. The number of aliphatic carboxylic acids is 1. The molecule has 1 N–H and O–H groups in total. The van der Waals surface area contributed by atoms with Crippen molar-refractivity contribution in [3.05, 3.63) is 0 Å². The summed E-state index contributed by atoms with van der Waals surface area (Å²) in [5.74, 6) is -0.00406. The van der Waals surface area contributed by atoms with Crippen molar-refractivity contribution in [2.24, 2.45) is 5.92 Å². The Morgan fingerprint density at radius 1 is 0.895 bits per heavy atom. The van der Waals surface area contributed by atoms with Gasteiger partial charge in [0.15, 0.2) is 6.10 Å². The molecular weight excluding hydrogens is 240 g/mol. The van der Waals surface area contributed by atoms with Gasteiger partial charge in [-0.25, -0.2) is 4.79 Å². The Bertz CT molecular complexity index is 214. The van der Waals surface area contributed by atoms with Gasteiger partial charge >= 0.3 is 5.97 Å². The van der Waals surface area contributed by atoms with E-state index in [-0.39, 0.29) is 0 Å². The van der Waals surface area contributed by atoms with E-state index in [1.165, 1.54) is 52.1 Å². The molecule has 0 saturated heterocycles. The van der Waals surface area contributed by atoms with E-state index >= 15 is 0 Å². The van der Waals surface area contributed by atoms with E-state index in [0.717, 1.165) is 18.8 Å². The maximum absolute atomic E-state index is 10.7. The van der Waals surface area contributed by atoms with Gasteiger partial charge in [0.1, 0.15) is 0 Å². The zero-order chi connectivity index (χ0) is 14.5. The predicted octanol–water partition coefficient (Wildman–Crippen LogP) is 4.64. The van der Waals surface area contributed by atoms with E-state index in [9.17, 15) is 4.79 Å². The van der Waals surface area contributed by atoms with E-state index < -0.39 is 12.1 Å². The standard InChI is InChI=1S/C16H32O3/c1-14(2)12-10-8-6-4-5-7-9-11-13-15(19-3)16(17)18/h14-15H,4-13H2,1-3H3,(H,17,18). The van der Waals surface area contributed by atoms with Gasteiger partial charge in [-0.1, -0.05) is 71.6 Å². The molecule has 19 heavy (non-hydrogen) atoms. The van der Waals surface area contributed by atoms with Crippen LogP contribution in [0.15, 0.2) is 0 Å². The highest BCUT2D eigenvalue weighted by Gasteiger charge is 2.14. The van der Waals surface area contributed by atoms with Crippen LogP contribution in [-0.4, -0.2) is 24.3 Å². The van der Waals surface area contributed by atoms with E-state index in [0.29, 0.717) is 6.42 Å². The Morgan fingerprint density at radius 2 is 1.32 bits per heavy atom. The Kier molecular flexibility index (Phi) is 12.1. The summed E-state index contributed by atoms with van der Waals surface area (Å²) in [4.78, 5) is 10.7. The van der Waals surface area contributed by atoms with Gasteiger partial charge in [-0.05, 0) is 12.3 Å². The lowest BCUT2D eigenvalue weighted by molar-refractivity contribution is -0.148. The molecule has 0 aromatic carbocycles. The molecule has 114 valence electrons. The normalized spacial score (nSPS) is 12.8. The summed E-state index contributed by atoms with van der Waals surface area (Å²) in [6.45, 7) is 4.56. The topological polar surface area (TPSA) is 46.5 Å². The summed E-state index contributed by atoms with van der Waals surface area (Å²) in [5.41, 5.74) is 0. The molecule has 0 fully saturated rings. The van der Waals surface area contributed by atoms with E-state index in [1.807, 2.05) is 0 Å². The second kappa shape index (κ2) is 12.5. The number of methoxy groups -OCH3 is 1. The van der Waals surface area contributed by atoms with Crippen molar-refractivity contribution in [3.63, 3.8) is 0 Å². The number of unbranched alkanes of at least 4 members (excludes halogenated alkanes) is 7. The summed E-state index contributed by atoms with van der Waals surface area (Å²) < 4.78 is 4.90. The minimum Gasteiger partial charge on any atom is -0.479 e. The summed E-state index contributed by atoms with van der Waals surface area (Å²) >= 11 is 0. The third-order valence-corrected chi connectivity index (χ3v) is 3.56. The molecular formula is C16H32O3. The average Bonchev–Trinajstić information content (AvgIpc) is 2.35. The van der Waals surface area contributed by atoms with Crippen LogP contribution < -0.4 is 0 Å². The van der Waals surface area contributed by atoms with Crippen LogP contribution in [0.25, 0.3) is 0 Å². The number of hydrogen-bond donors (Lipinski definition) is 1. The predicted molar refractivity (Wildman–Crippen MR) is 79.4 cm³/mol. The smallest absolute Gasteiger partial charge is 0.332 e. The van der Waals surface area contributed by atoms with Gasteiger partial charge in [-0.2, -0.15) is 0 Å². The molecule has 0 amide bonds. The van der Waals surface area contributed by atoms with Gasteiger partial charge in [0.2, 0.25) is 0 Å². The number of hydrogen-bond acceptors (Lipinski definition) is 2. The minimum atomic E-state index is -0.840. The van der Waals surface area contributed by atoms with Crippen molar-refractivity contribution < 1.29 is 14.6 Å². The zero-order valence-electron chi connectivity index (χ0n) is 13.0. The molecule has 0 heterocycles. The molecule has 0 aliphatic carbocycles. The monoisotopic (exact) mass is 272 g/mol. The van der Waals surface area contributed by atoms with Crippen molar-refractivity contribution in [2.75, 3.05) is 7.11 Å². The summed E-state index contributed by atoms with van der Waals surface area (Å²) in [6.07, 6.45) is 11.4. The molecule has 1 atom stereocenters. The Hall–Kier alpha value is -0.570. The Balaban J connectivity index is 3.21. The lowest BCUT2D eigenvalue weighted by Gasteiger charge is -2.09. The third-order valence-electron chi connectivity index (χ3n) is 3.56. The molecule has 0 spiro atoms. The molecule has 3 nitrogen and oxygen atoms in total. The Labute approximate surface area is 118 Å². The van der Waals surface area contributed by atoms with Crippen LogP contribution in [0.4, 0.5) is 0 Å². The molecule has 0 aliphatic rings. The van der Waals surface area contributed by atoms with Crippen LogP contribution in [0.1, 0.15) is 78.1 Å². The number of carbonyl (C=O) groups is 1. The minimum absolute atomic E-state index is 0.615. The molecule has 0 aromatic rings. The fraction of sp³-hybridized carbons (Fsp3) is 0.938. The second-order valence-corrected chi connectivity index (χ2v) is 5.86. The second-order valence-electron chi connectivity index (χ2n) is 5.86. The van der Waals surface area contributed by atoms with Gasteiger partial charge in [-0.15, -0.1) is 0 Å². The van der Waals surface area contributed by atoms with Gasteiger partial charge in [0.05, 0.1) is 0 Å². The molecule has 3 heteroatoms. The van der Waals surface area contributed by atoms with Gasteiger partial charge in [0, 0.05) is 7.11 Å². The van der Waals surface area contributed by atoms with Crippen molar-refractivity contribution in [3.8, 4) is 0 Å². The molecule has 0 radical (unpaired) electrons. The SMILES string of the molecule is COC(CCCCCCCCCCC(C)C)C(=O)O. The van der Waals surface area contributed by atoms with Gasteiger partial charge in [-0.3, -0.25) is 0 Å². The molecule has 0 aromatic heterocycles. The van der Waals surface area contributed by atoms with Crippen LogP contribution >= 0.6 is 0 Å². The molecule has 0 aliphatic heterocycles. The van der Waals surface area contributed by atoms with E-state index in [2.05, 4.69) is 13.8 Å². The molecule has 0 bridgehead atoms. The molecule has 0 rings (SSSR count). The zero-order valence-corrected chi connectivity index (χ0v) is 13.0. The summed E-state index contributed by atoms with van der Waals surface area (Å²) in [5, 5.41) is 8.81. The van der Waals surface area contributed by atoms with Crippen molar-refractivity contribution >= 4 is 5.97 Å². The fourth-order valence-corrected chi connectivity index (χ4v) is 2.29. The first-order chi connectivity index (χ1) is 9.07. The first-order valence-corrected chi connectivity index (χ1v) is 7.83. The maximum Gasteiger partial charge on any atom is 0.332 e. The number of carboxylic acids is 1. The van der Waals surface area contributed by atoms with E-state index in [4.69, 9.17) is 9.84 Å². The highest BCUT2D eigenvalue weighted by atomic mass is 16.5. The third kappa shape index (κ3) is 12.2. The quantitative estimate of drug-likeness (QED) is 0.497. The number of rotatable bonds is 13. The maximum atomic E-state index is 10.7. The molecule has 0 saturated carbocycles. The van der Waals surface area contributed by atoms with Gasteiger partial charge < -0.3 is 9.84 Å². The van der Waals surface area contributed by atoms with Crippen LogP contribution in [0.5, 0.6) is 0 Å². The van der Waals surface area contributed by atoms with Crippen molar-refractivity contribution in [2.45, 2.75) is 84.2 Å². The number of carboxylic acid groups (broad SMARTS) is 1. The highest BCUT2D eigenvalue weighted by molar-refractivity contribution is 5.72. The van der Waals surface area contributed by atoms with E-state index in [1.54, 1.807) is 0 Å². The average molecular weight is 272 g/mol. The van der Waals surface area contributed by atoms with Crippen LogP contribution in [0.3, 0.4) is 0 Å². The summed E-state index contributed by atoms with van der Waals surface area (Å²) in [6, 6.07) is 0. The van der Waals surface area contributed by atoms with Crippen molar-refractivity contribution in [1.82, 2.24) is 0 Å². The largest absolute Gasteiger partial charge is 0.479 e. The lowest BCUT2D eigenvalue weighted by atomic mass is 10.0. The van der Waals surface area contributed by atoms with Gasteiger partial charge in [0.25, 0.3) is 0 Å². The van der Waals surface area contributed by atoms with Crippen LogP contribution in [0.2, 0.25) is 0 Å². The summed E-state index contributed by atoms with van der Waals surface area (Å²) in [7, 11) is 1.47. The highest BCUT2D eigenvalue weighted by Crippen LogP contribution is 2.13. The lowest BCUT2D eigenvalue weighted by Crippen LogP contribution is -2.21. The number of ether oxygens (including phenoxy) is 1. The molecule has 1 unspecified atom stereocenters. The Morgan fingerprint density at radius 3 is 1.68 bits per heavy atom. The first-order valence-electron chi connectivity index (χ1n) is 7.83.